The summed E-state index contributed by atoms with van der Waals surface area (Å²) in [7, 11) is 1.51. The van der Waals surface area contributed by atoms with Crippen molar-refractivity contribution >= 4 is 5.91 Å². The van der Waals surface area contributed by atoms with Gasteiger partial charge in [-0.15, -0.1) is 0 Å². The van der Waals surface area contributed by atoms with Gasteiger partial charge >= 0.3 is 0 Å². The largest absolute Gasteiger partial charge is 0.479 e. The predicted molar refractivity (Wildman–Crippen MR) is 80.7 cm³/mol. The summed E-state index contributed by atoms with van der Waals surface area (Å²) in [5.41, 5.74) is 1.79. The van der Waals surface area contributed by atoms with Crippen LogP contribution in [0.15, 0.2) is 0 Å². The number of carbonyl (C=O) groups excluding carboxylic acids is 1. The van der Waals surface area contributed by atoms with E-state index in [0.717, 1.165) is 30.9 Å². The van der Waals surface area contributed by atoms with E-state index < -0.39 is 0 Å². The number of methoxy groups -OCH3 is 1. The molecule has 1 saturated heterocycles. The number of hydrogen-bond acceptors (Lipinski definition) is 5. The molecule has 0 bridgehead atoms. The number of carbonyl (C=O) groups is 1. The number of hydrogen-bond donors (Lipinski definition) is 1. The third-order valence-electron chi connectivity index (χ3n) is 4.09. The Hall–Kier alpha value is -1.69. The highest BCUT2D eigenvalue weighted by Gasteiger charge is 2.24. The van der Waals surface area contributed by atoms with Crippen molar-refractivity contribution in [2.75, 3.05) is 26.7 Å². The van der Waals surface area contributed by atoms with Gasteiger partial charge in [0.25, 0.3) is 5.91 Å². The number of aryl methyl sites for hydroxylation is 2. The molecule has 0 aromatic carbocycles. The van der Waals surface area contributed by atoms with Crippen LogP contribution in [0.5, 0.6) is 5.88 Å². The molecule has 0 saturated carbocycles. The van der Waals surface area contributed by atoms with Crippen LogP contribution in [0.2, 0.25) is 0 Å². The van der Waals surface area contributed by atoms with Gasteiger partial charge in [-0.25, -0.2) is 9.97 Å². The smallest absolute Gasteiger partial charge is 0.275 e. The van der Waals surface area contributed by atoms with Crippen LogP contribution in [0.1, 0.15) is 41.6 Å². The molecule has 0 spiro atoms. The van der Waals surface area contributed by atoms with Gasteiger partial charge in [-0.1, -0.05) is 6.92 Å². The Bertz CT molecular complexity index is 519. The number of nitrogens with one attached hydrogen (secondary N) is 1. The molecule has 1 aliphatic rings. The van der Waals surface area contributed by atoms with Gasteiger partial charge in [0.05, 0.1) is 18.5 Å². The molecule has 6 heteroatoms. The third kappa shape index (κ3) is 3.50. The third-order valence-corrected chi connectivity index (χ3v) is 4.09. The number of ether oxygens (including phenoxy) is 1. The first-order valence-corrected chi connectivity index (χ1v) is 7.48. The zero-order valence-electron chi connectivity index (χ0n) is 13.3. The first-order valence-electron chi connectivity index (χ1n) is 7.48. The SMILES string of the molecule is CCN1CCCC1CNC(=O)c1nc(C)c(C)nc1OC. The van der Waals surface area contributed by atoms with Gasteiger partial charge in [0, 0.05) is 12.6 Å². The predicted octanol–water partition coefficient (Wildman–Crippen LogP) is 1.32. The molecule has 1 fully saturated rings. The van der Waals surface area contributed by atoms with Crippen LogP contribution < -0.4 is 10.1 Å². The zero-order valence-corrected chi connectivity index (χ0v) is 13.3. The minimum Gasteiger partial charge on any atom is -0.479 e. The molecule has 1 aromatic rings. The van der Waals surface area contributed by atoms with Crippen LogP contribution >= 0.6 is 0 Å². The molecule has 6 nitrogen and oxygen atoms in total. The average Bonchev–Trinajstić information content (AvgIpc) is 2.94. The van der Waals surface area contributed by atoms with E-state index in [1.807, 2.05) is 13.8 Å². The Balaban J connectivity index is 2.05. The minimum absolute atomic E-state index is 0.217. The first kappa shape index (κ1) is 15.7. The molecule has 1 amide bonds. The number of amides is 1. The summed E-state index contributed by atoms with van der Waals surface area (Å²) in [5, 5.41) is 2.96. The fourth-order valence-corrected chi connectivity index (χ4v) is 2.71. The van der Waals surface area contributed by atoms with Gasteiger partial charge in [0.1, 0.15) is 0 Å². The van der Waals surface area contributed by atoms with Crippen molar-refractivity contribution in [2.24, 2.45) is 0 Å². The zero-order chi connectivity index (χ0) is 15.4. The quantitative estimate of drug-likeness (QED) is 0.886. The lowest BCUT2D eigenvalue weighted by atomic mass is 10.2. The normalized spacial score (nSPS) is 18.8. The van der Waals surface area contributed by atoms with E-state index in [1.165, 1.54) is 13.5 Å². The second kappa shape index (κ2) is 6.85. The maximum atomic E-state index is 12.3. The summed E-state index contributed by atoms with van der Waals surface area (Å²) in [6.45, 7) is 8.62. The Morgan fingerprint density at radius 1 is 1.38 bits per heavy atom. The van der Waals surface area contributed by atoms with Gasteiger partial charge in [0.2, 0.25) is 5.88 Å². The molecule has 2 heterocycles. The highest BCUT2D eigenvalue weighted by molar-refractivity contribution is 5.94. The molecule has 0 radical (unpaired) electrons. The molecule has 1 atom stereocenters. The monoisotopic (exact) mass is 292 g/mol. The van der Waals surface area contributed by atoms with Crippen LogP contribution in [0.3, 0.4) is 0 Å². The van der Waals surface area contributed by atoms with Crippen molar-refractivity contribution in [3.63, 3.8) is 0 Å². The molecule has 2 rings (SSSR count). The number of rotatable bonds is 5. The van der Waals surface area contributed by atoms with Crippen molar-refractivity contribution in [3.8, 4) is 5.88 Å². The maximum Gasteiger partial charge on any atom is 0.275 e. The molecule has 21 heavy (non-hydrogen) atoms. The van der Waals surface area contributed by atoms with Gasteiger partial charge < -0.3 is 10.1 Å². The lowest BCUT2D eigenvalue weighted by Crippen LogP contribution is -2.40. The molecule has 1 unspecified atom stereocenters. The fourth-order valence-electron chi connectivity index (χ4n) is 2.71. The second-order valence-corrected chi connectivity index (χ2v) is 5.39. The molecule has 0 aliphatic carbocycles. The van der Waals surface area contributed by atoms with Crippen molar-refractivity contribution in [3.05, 3.63) is 17.1 Å². The Labute approximate surface area is 125 Å². The van der Waals surface area contributed by atoms with Crippen LogP contribution in [-0.2, 0) is 0 Å². The summed E-state index contributed by atoms with van der Waals surface area (Å²) >= 11 is 0. The van der Waals surface area contributed by atoms with E-state index in [9.17, 15) is 4.79 Å². The van der Waals surface area contributed by atoms with Gasteiger partial charge in [-0.05, 0) is 39.8 Å². The van der Waals surface area contributed by atoms with Crippen molar-refractivity contribution < 1.29 is 9.53 Å². The van der Waals surface area contributed by atoms with E-state index in [4.69, 9.17) is 4.74 Å². The number of nitrogens with zero attached hydrogens (tertiary/aromatic N) is 3. The molecule has 1 aromatic heterocycles. The van der Waals surface area contributed by atoms with Crippen LogP contribution in [0.25, 0.3) is 0 Å². The standard InChI is InChI=1S/C15H24N4O2/c1-5-19-8-6-7-12(19)9-16-14(20)13-15(21-4)18-11(3)10(2)17-13/h12H,5-9H2,1-4H3,(H,16,20). The lowest BCUT2D eigenvalue weighted by molar-refractivity contribution is 0.0932. The van der Waals surface area contributed by atoms with Gasteiger partial charge in [-0.3, -0.25) is 9.69 Å². The summed E-state index contributed by atoms with van der Waals surface area (Å²) in [4.78, 5) is 23.3. The van der Waals surface area contributed by atoms with E-state index >= 15 is 0 Å². The minimum atomic E-state index is -0.217. The van der Waals surface area contributed by atoms with Gasteiger partial charge in [-0.2, -0.15) is 0 Å². The van der Waals surface area contributed by atoms with E-state index in [2.05, 4.69) is 27.1 Å². The number of likely N-dealkylation sites (tertiary alicyclic amines) is 1. The summed E-state index contributed by atoms with van der Waals surface area (Å²) in [6.07, 6.45) is 2.32. The molecular weight excluding hydrogens is 268 g/mol. The van der Waals surface area contributed by atoms with E-state index in [1.54, 1.807) is 0 Å². The van der Waals surface area contributed by atoms with Crippen LogP contribution in [-0.4, -0.2) is 53.6 Å². The Morgan fingerprint density at radius 3 is 2.76 bits per heavy atom. The molecule has 1 aliphatic heterocycles. The van der Waals surface area contributed by atoms with Crippen LogP contribution in [0.4, 0.5) is 0 Å². The highest BCUT2D eigenvalue weighted by atomic mass is 16.5. The summed E-state index contributed by atoms with van der Waals surface area (Å²) < 4.78 is 5.17. The van der Waals surface area contributed by atoms with E-state index in [-0.39, 0.29) is 17.5 Å². The highest BCUT2D eigenvalue weighted by Crippen LogP contribution is 2.17. The number of aromatic nitrogens is 2. The van der Waals surface area contributed by atoms with Crippen molar-refractivity contribution in [1.29, 1.82) is 0 Å². The maximum absolute atomic E-state index is 12.3. The van der Waals surface area contributed by atoms with Crippen molar-refractivity contribution in [2.45, 2.75) is 39.7 Å². The van der Waals surface area contributed by atoms with Crippen LogP contribution in [0, 0.1) is 13.8 Å². The number of likely N-dealkylation sites (N-methyl/N-ethyl adjacent to an activating group) is 1. The first-order chi connectivity index (χ1) is 10.1. The average molecular weight is 292 g/mol. The lowest BCUT2D eigenvalue weighted by Gasteiger charge is -2.22. The van der Waals surface area contributed by atoms with Gasteiger partial charge in [0.15, 0.2) is 5.69 Å². The topological polar surface area (TPSA) is 67.4 Å². The van der Waals surface area contributed by atoms with E-state index in [0.29, 0.717) is 12.6 Å². The Kier molecular flexibility index (Phi) is 5.12. The molecule has 1 N–H and O–H groups in total. The van der Waals surface area contributed by atoms with Crippen molar-refractivity contribution in [1.82, 2.24) is 20.2 Å². The fraction of sp³-hybridized carbons (Fsp3) is 0.667. The summed E-state index contributed by atoms with van der Waals surface area (Å²) in [5.74, 6) is 0.0692. The molecule has 116 valence electrons. The summed E-state index contributed by atoms with van der Waals surface area (Å²) in [6, 6.07) is 0.421. The second-order valence-electron chi connectivity index (χ2n) is 5.39. The molecular formula is C15H24N4O2. The Morgan fingerprint density at radius 2 is 2.10 bits per heavy atom.